The van der Waals surface area contributed by atoms with Crippen molar-refractivity contribution in [2.45, 2.75) is 58.0 Å². The molecule has 0 spiro atoms. The molecule has 1 aliphatic heterocycles. The van der Waals surface area contributed by atoms with Gasteiger partial charge in [0.15, 0.2) is 0 Å². The van der Waals surface area contributed by atoms with Gasteiger partial charge in [-0.05, 0) is 32.7 Å². The molecule has 0 aliphatic carbocycles. The summed E-state index contributed by atoms with van der Waals surface area (Å²) >= 11 is 0. The van der Waals surface area contributed by atoms with Crippen molar-refractivity contribution in [3.63, 3.8) is 0 Å². The fourth-order valence-electron chi connectivity index (χ4n) is 2.27. The Hall–Kier alpha value is -0.0800. The summed E-state index contributed by atoms with van der Waals surface area (Å²) in [6, 6.07) is 1.36. The molecule has 2 heteroatoms. The molecule has 2 unspecified atom stereocenters. The van der Waals surface area contributed by atoms with Gasteiger partial charge in [-0.3, -0.25) is 4.90 Å². The van der Waals surface area contributed by atoms with Crippen molar-refractivity contribution in [1.29, 1.82) is 0 Å². The number of hydrogen-bond donors (Lipinski definition) is 1. The molecule has 0 aromatic heterocycles. The van der Waals surface area contributed by atoms with Gasteiger partial charge in [-0.2, -0.15) is 0 Å². The highest BCUT2D eigenvalue weighted by Crippen LogP contribution is 2.19. The van der Waals surface area contributed by atoms with Crippen molar-refractivity contribution in [3.8, 4) is 0 Å². The zero-order valence-electron chi connectivity index (χ0n) is 9.13. The summed E-state index contributed by atoms with van der Waals surface area (Å²) in [6.45, 7) is 6.69. The van der Waals surface area contributed by atoms with Crippen molar-refractivity contribution >= 4 is 0 Å². The number of rotatable bonds is 3. The van der Waals surface area contributed by atoms with Gasteiger partial charge in [-0.1, -0.05) is 19.8 Å². The Morgan fingerprint density at radius 1 is 1.38 bits per heavy atom. The highest BCUT2D eigenvalue weighted by Gasteiger charge is 2.22. The topological polar surface area (TPSA) is 29.3 Å². The first-order valence-electron chi connectivity index (χ1n) is 5.75. The van der Waals surface area contributed by atoms with Crippen LogP contribution in [0, 0.1) is 0 Å². The highest BCUT2D eigenvalue weighted by molar-refractivity contribution is 4.79. The third-order valence-corrected chi connectivity index (χ3v) is 3.35. The number of likely N-dealkylation sites (tertiary alicyclic amines) is 1. The zero-order chi connectivity index (χ0) is 9.68. The van der Waals surface area contributed by atoms with Crippen LogP contribution in [0.5, 0.6) is 0 Å². The lowest BCUT2D eigenvalue weighted by atomic mass is 10.1. The normalized spacial score (nSPS) is 28.4. The maximum absolute atomic E-state index is 5.81. The molecule has 1 fully saturated rings. The van der Waals surface area contributed by atoms with Gasteiger partial charge in [0, 0.05) is 18.6 Å². The van der Waals surface area contributed by atoms with Crippen LogP contribution in [0.15, 0.2) is 0 Å². The minimum Gasteiger partial charge on any atom is -0.329 e. The van der Waals surface area contributed by atoms with Gasteiger partial charge in [0.1, 0.15) is 0 Å². The Morgan fingerprint density at radius 2 is 2.15 bits per heavy atom. The monoisotopic (exact) mass is 184 g/mol. The van der Waals surface area contributed by atoms with Gasteiger partial charge in [0.05, 0.1) is 0 Å². The van der Waals surface area contributed by atoms with E-state index >= 15 is 0 Å². The first-order chi connectivity index (χ1) is 6.29. The van der Waals surface area contributed by atoms with Crippen LogP contribution in [0.4, 0.5) is 0 Å². The fourth-order valence-corrected chi connectivity index (χ4v) is 2.27. The average molecular weight is 184 g/mol. The van der Waals surface area contributed by atoms with Crippen molar-refractivity contribution in [3.05, 3.63) is 0 Å². The van der Waals surface area contributed by atoms with Crippen LogP contribution in [0.25, 0.3) is 0 Å². The highest BCUT2D eigenvalue weighted by atomic mass is 15.2. The smallest absolute Gasteiger partial charge is 0.0221 e. The van der Waals surface area contributed by atoms with Crippen LogP contribution < -0.4 is 5.73 Å². The summed E-state index contributed by atoms with van der Waals surface area (Å²) in [4.78, 5) is 2.62. The van der Waals surface area contributed by atoms with E-state index in [0.29, 0.717) is 12.1 Å². The van der Waals surface area contributed by atoms with Crippen LogP contribution in [-0.4, -0.2) is 30.1 Å². The minimum atomic E-state index is 0.650. The first-order valence-corrected chi connectivity index (χ1v) is 5.75. The van der Waals surface area contributed by atoms with Gasteiger partial charge in [-0.15, -0.1) is 0 Å². The largest absolute Gasteiger partial charge is 0.329 e. The second kappa shape index (κ2) is 5.61. The maximum Gasteiger partial charge on any atom is 0.0221 e. The summed E-state index contributed by atoms with van der Waals surface area (Å²) in [5.74, 6) is 0. The van der Waals surface area contributed by atoms with E-state index in [4.69, 9.17) is 5.73 Å². The first kappa shape index (κ1) is 11.0. The van der Waals surface area contributed by atoms with Crippen molar-refractivity contribution in [1.82, 2.24) is 4.90 Å². The quantitative estimate of drug-likeness (QED) is 0.727. The van der Waals surface area contributed by atoms with Crippen molar-refractivity contribution < 1.29 is 0 Å². The molecule has 2 N–H and O–H groups in total. The summed E-state index contributed by atoms with van der Waals surface area (Å²) in [7, 11) is 0. The molecular weight excluding hydrogens is 160 g/mol. The van der Waals surface area contributed by atoms with Crippen LogP contribution in [0.1, 0.15) is 46.0 Å². The number of hydrogen-bond acceptors (Lipinski definition) is 2. The Bertz CT molecular complexity index is 136. The zero-order valence-corrected chi connectivity index (χ0v) is 9.13. The van der Waals surface area contributed by atoms with Gasteiger partial charge in [0.2, 0.25) is 0 Å². The summed E-state index contributed by atoms with van der Waals surface area (Å²) in [5.41, 5.74) is 5.81. The van der Waals surface area contributed by atoms with Crippen molar-refractivity contribution in [2.75, 3.05) is 13.1 Å². The predicted octanol–water partition coefficient (Wildman–Crippen LogP) is 1.99. The third-order valence-electron chi connectivity index (χ3n) is 3.35. The SMILES string of the molecule is CCC(C)N1CCCCCC1CN. The van der Waals surface area contributed by atoms with Crippen LogP contribution >= 0.6 is 0 Å². The fraction of sp³-hybridized carbons (Fsp3) is 1.00. The van der Waals surface area contributed by atoms with E-state index in [1.807, 2.05) is 0 Å². The second-order valence-corrected chi connectivity index (χ2v) is 4.23. The van der Waals surface area contributed by atoms with E-state index in [9.17, 15) is 0 Å². The molecule has 1 rings (SSSR count). The second-order valence-electron chi connectivity index (χ2n) is 4.23. The van der Waals surface area contributed by atoms with Gasteiger partial charge in [0.25, 0.3) is 0 Å². The number of nitrogens with two attached hydrogens (primary N) is 1. The molecule has 1 heterocycles. The molecule has 0 aromatic carbocycles. The molecule has 13 heavy (non-hydrogen) atoms. The lowest BCUT2D eigenvalue weighted by Crippen LogP contribution is -2.45. The van der Waals surface area contributed by atoms with E-state index in [0.717, 1.165) is 6.54 Å². The predicted molar refractivity (Wildman–Crippen MR) is 57.8 cm³/mol. The molecule has 1 aliphatic rings. The molecule has 0 radical (unpaired) electrons. The van der Waals surface area contributed by atoms with E-state index in [2.05, 4.69) is 18.7 Å². The molecule has 2 atom stereocenters. The molecule has 0 amide bonds. The summed E-state index contributed by atoms with van der Waals surface area (Å²) in [6.07, 6.45) is 6.68. The van der Waals surface area contributed by atoms with Gasteiger partial charge in [-0.25, -0.2) is 0 Å². The van der Waals surface area contributed by atoms with Crippen LogP contribution in [0.3, 0.4) is 0 Å². The maximum atomic E-state index is 5.81. The molecule has 78 valence electrons. The molecule has 1 saturated heterocycles. The van der Waals surface area contributed by atoms with E-state index in [1.165, 1.54) is 38.6 Å². The standard InChI is InChI=1S/C11H24N2/c1-3-10(2)13-8-6-4-5-7-11(13)9-12/h10-11H,3-9,12H2,1-2H3. The van der Waals surface area contributed by atoms with Crippen LogP contribution in [0.2, 0.25) is 0 Å². The van der Waals surface area contributed by atoms with E-state index < -0.39 is 0 Å². The molecular formula is C11H24N2. The van der Waals surface area contributed by atoms with Crippen molar-refractivity contribution in [2.24, 2.45) is 5.73 Å². The molecule has 0 saturated carbocycles. The Morgan fingerprint density at radius 3 is 2.77 bits per heavy atom. The number of nitrogens with zero attached hydrogens (tertiary/aromatic N) is 1. The molecule has 2 nitrogen and oxygen atoms in total. The minimum absolute atomic E-state index is 0.650. The Balaban J connectivity index is 2.53. The molecule has 0 bridgehead atoms. The Labute approximate surface area is 82.5 Å². The van der Waals surface area contributed by atoms with E-state index in [1.54, 1.807) is 0 Å². The van der Waals surface area contributed by atoms with E-state index in [-0.39, 0.29) is 0 Å². The summed E-state index contributed by atoms with van der Waals surface area (Å²) < 4.78 is 0. The van der Waals surface area contributed by atoms with Gasteiger partial charge < -0.3 is 5.73 Å². The third kappa shape index (κ3) is 2.96. The molecule has 0 aromatic rings. The van der Waals surface area contributed by atoms with Crippen LogP contribution in [-0.2, 0) is 0 Å². The Kier molecular flexibility index (Phi) is 4.74. The van der Waals surface area contributed by atoms with Gasteiger partial charge >= 0.3 is 0 Å². The summed E-state index contributed by atoms with van der Waals surface area (Å²) in [5, 5.41) is 0. The average Bonchev–Trinajstić information content (AvgIpc) is 2.41. The lowest BCUT2D eigenvalue weighted by Gasteiger charge is -2.34. The lowest BCUT2D eigenvalue weighted by molar-refractivity contribution is 0.147.